The molecule has 0 saturated carbocycles. The molecule has 0 bridgehead atoms. The van der Waals surface area contributed by atoms with Crippen LogP contribution in [-0.4, -0.2) is 4.92 Å². The summed E-state index contributed by atoms with van der Waals surface area (Å²) in [6, 6.07) is 15.2. The van der Waals surface area contributed by atoms with Gasteiger partial charge in [-0.05, 0) is 18.2 Å². The summed E-state index contributed by atoms with van der Waals surface area (Å²) in [7, 11) is 0. The van der Waals surface area contributed by atoms with Crippen molar-refractivity contribution in [1.82, 2.24) is 0 Å². The Morgan fingerprint density at radius 3 is 2.50 bits per heavy atom. The number of fused-ring (bicyclic) bond motifs is 1. The van der Waals surface area contributed by atoms with E-state index in [9.17, 15) is 14.9 Å². The van der Waals surface area contributed by atoms with Crippen LogP contribution in [0.4, 0.5) is 5.69 Å². The van der Waals surface area contributed by atoms with Crippen LogP contribution in [0.1, 0.15) is 0 Å². The molecular formula is C15H9NO3S. The quantitative estimate of drug-likeness (QED) is 0.530. The Morgan fingerprint density at radius 2 is 1.70 bits per heavy atom. The van der Waals surface area contributed by atoms with E-state index in [4.69, 9.17) is 0 Å². The van der Waals surface area contributed by atoms with Gasteiger partial charge < -0.3 is 0 Å². The number of nitro benzene ring substituents is 1. The van der Waals surface area contributed by atoms with Crippen molar-refractivity contribution in [2.75, 3.05) is 0 Å². The molecule has 0 N–H and O–H groups in total. The second-order valence-corrected chi connectivity index (χ2v) is 5.33. The normalized spacial score (nSPS) is 10.6. The lowest BCUT2D eigenvalue weighted by molar-refractivity contribution is -0.384. The molecule has 4 nitrogen and oxygen atoms in total. The summed E-state index contributed by atoms with van der Waals surface area (Å²) in [4.78, 5) is 23.3. The molecule has 0 aliphatic rings. The van der Waals surface area contributed by atoms with Crippen LogP contribution < -0.4 is 5.43 Å². The van der Waals surface area contributed by atoms with Gasteiger partial charge in [-0.2, -0.15) is 0 Å². The first-order chi connectivity index (χ1) is 9.66. The van der Waals surface area contributed by atoms with Crippen molar-refractivity contribution in [2.45, 2.75) is 0 Å². The summed E-state index contributed by atoms with van der Waals surface area (Å²) in [5.41, 5.74) is 0.372. The SMILES string of the molecule is O=c1cc(-c2ccccc2[N+](=O)[O-])sc2ccccc12. The van der Waals surface area contributed by atoms with Gasteiger partial charge in [0.2, 0.25) is 0 Å². The molecular weight excluding hydrogens is 274 g/mol. The van der Waals surface area contributed by atoms with Crippen molar-refractivity contribution in [3.63, 3.8) is 0 Å². The van der Waals surface area contributed by atoms with Crippen molar-refractivity contribution >= 4 is 27.1 Å². The van der Waals surface area contributed by atoms with E-state index in [0.29, 0.717) is 15.8 Å². The third kappa shape index (κ3) is 2.08. The largest absolute Gasteiger partial charge is 0.289 e. The molecule has 0 aliphatic carbocycles. The van der Waals surface area contributed by atoms with Crippen LogP contribution >= 0.6 is 11.3 Å². The molecule has 3 aromatic rings. The lowest BCUT2D eigenvalue weighted by Crippen LogP contribution is -1.99. The minimum absolute atomic E-state index is 0.0124. The number of nitrogens with zero attached hydrogens (tertiary/aromatic N) is 1. The molecule has 0 amide bonds. The fourth-order valence-corrected chi connectivity index (χ4v) is 3.19. The van der Waals surface area contributed by atoms with Gasteiger partial charge in [0.1, 0.15) is 0 Å². The van der Waals surface area contributed by atoms with E-state index in [2.05, 4.69) is 0 Å². The first-order valence-corrected chi connectivity index (χ1v) is 6.75. The number of nitro groups is 1. The standard InChI is InChI=1S/C15H9NO3S/c17-13-9-15(20-14-8-4-2-6-11(13)14)10-5-1-3-7-12(10)16(18)19/h1-9H. The zero-order chi connectivity index (χ0) is 14.1. The Bertz CT molecular complexity index is 870. The Morgan fingerprint density at radius 1 is 1.00 bits per heavy atom. The van der Waals surface area contributed by atoms with Crippen molar-refractivity contribution in [2.24, 2.45) is 0 Å². The third-order valence-electron chi connectivity index (χ3n) is 3.00. The maximum absolute atomic E-state index is 12.1. The molecule has 0 aliphatic heterocycles. The molecule has 1 aromatic heterocycles. The maximum atomic E-state index is 12.1. The molecule has 5 heteroatoms. The highest BCUT2D eigenvalue weighted by molar-refractivity contribution is 7.21. The van der Waals surface area contributed by atoms with Crippen LogP contribution in [0.5, 0.6) is 0 Å². The molecule has 98 valence electrons. The van der Waals surface area contributed by atoms with Crippen molar-refractivity contribution in [1.29, 1.82) is 0 Å². The fourth-order valence-electron chi connectivity index (χ4n) is 2.08. The van der Waals surface area contributed by atoms with Crippen LogP contribution in [0.3, 0.4) is 0 Å². The number of hydrogen-bond acceptors (Lipinski definition) is 4. The van der Waals surface area contributed by atoms with Gasteiger partial charge in [0.15, 0.2) is 5.43 Å². The summed E-state index contributed by atoms with van der Waals surface area (Å²) < 4.78 is 0.827. The van der Waals surface area contributed by atoms with Crippen molar-refractivity contribution < 1.29 is 4.92 Å². The third-order valence-corrected chi connectivity index (χ3v) is 4.13. The summed E-state index contributed by atoms with van der Waals surface area (Å²) in [5.74, 6) is 0. The highest BCUT2D eigenvalue weighted by Gasteiger charge is 2.15. The fraction of sp³-hybridized carbons (Fsp3) is 0. The first-order valence-electron chi connectivity index (χ1n) is 5.93. The monoisotopic (exact) mass is 283 g/mol. The Hall–Kier alpha value is -2.53. The molecule has 0 fully saturated rings. The molecule has 1 heterocycles. The Labute approximate surface area is 118 Å². The molecule has 2 aromatic carbocycles. The molecule has 0 radical (unpaired) electrons. The average Bonchev–Trinajstić information content (AvgIpc) is 2.47. The average molecular weight is 283 g/mol. The smallest absolute Gasteiger partial charge is 0.278 e. The summed E-state index contributed by atoms with van der Waals surface area (Å²) in [5, 5.41) is 11.7. The lowest BCUT2D eigenvalue weighted by atomic mass is 10.1. The second-order valence-electron chi connectivity index (χ2n) is 4.25. The van der Waals surface area contributed by atoms with Crippen LogP contribution in [0, 0.1) is 10.1 Å². The van der Waals surface area contributed by atoms with Gasteiger partial charge >= 0.3 is 0 Å². The summed E-state index contributed by atoms with van der Waals surface area (Å²) in [6.45, 7) is 0. The van der Waals surface area contributed by atoms with Gasteiger partial charge in [0, 0.05) is 27.1 Å². The number of benzene rings is 2. The molecule has 20 heavy (non-hydrogen) atoms. The second kappa shape index (κ2) is 4.86. The van der Waals surface area contributed by atoms with Gasteiger partial charge in [0.25, 0.3) is 5.69 Å². The summed E-state index contributed by atoms with van der Waals surface area (Å²) in [6.07, 6.45) is 0. The van der Waals surface area contributed by atoms with E-state index in [0.717, 1.165) is 4.70 Å². The van der Waals surface area contributed by atoms with E-state index >= 15 is 0 Å². The maximum Gasteiger partial charge on any atom is 0.278 e. The van der Waals surface area contributed by atoms with Crippen LogP contribution in [-0.2, 0) is 0 Å². The molecule has 0 unspecified atom stereocenters. The van der Waals surface area contributed by atoms with Crippen LogP contribution in [0.2, 0.25) is 0 Å². The van der Waals surface area contributed by atoms with Gasteiger partial charge in [-0.1, -0.05) is 24.3 Å². The Balaban J connectivity index is 2.31. The van der Waals surface area contributed by atoms with Gasteiger partial charge in [0.05, 0.1) is 10.5 Å². The molecule has 0 saturated heterocycles. The number of para-hydroxylation sites is 1. The number of rotatable bonds is 2. The lowest BCUT2D eigenvalue weighted by Gasteiger charge is -2.03. The predicted octanol–water partition coefficient (Wildman–Crippen LogP) is 3.84. The van der Waals surface area contributed by atoms with Gasteiger partial charge in [-0.25, -0.2) is 0 Å². The van der Waals surface area contributed by atoms with Gasteiger partial charge in [-0.3, -0.25) is 14.9 Å². The highest BCUT2D eigenvalue weighted by atomic mass is 32.1. The van der Waals surface area contributed by atoms with E-state index < -0.39 is 4.92 Å². The zero-order valence-corrected chi connectivity index (χ0v) is 11.1. The minimum atomic E-state index is -0.429. The molecule has 0 atom stereocenters. The highest BCUT2D eigenvalue weighted by Crippen LogP contribution is 2.33. The van der Waals surface area contributed by atoms with E-state index in [1.807, 2.05) is 12.1 Å². The van der Waals surface area contributed by atoms with Crippen LogP contribution in [0.15, 0.2) is 59.4 Å². The minimum Gasteiger partial charge on any atom is -0.289 e. The van der Waals surface area contributed by atoms with E-state index in [1.54, 1.807) is 30.3 Å². The van der Waals surface area contributed by atoms with E-state index in [1.165, 1.54) is 23.5 Å². The first kappa shape index (κ1) is 12.5. The zero-order valence-electron chi connectivity index (χ0n) is 10.3. The topological polar surface area (TPSA) is 60.2 Å². The van der Waals surface area contributed by atoms with Crippen LogP contribution in [0.25, 0.3) is 20.5 Å². The van der Waals surface area contributed by atoms with Crippen molar-refractivity contribution in [3.8, 4) is 10.4 Å². The van der Waals surface area contributed by atoms with Gasteiger partial charge in [-0.15, -0.1) is 11.3 Å². The van der Waals surface area contributed by atoms with E-state index in [-0.39, 0.29) is 11.1 Å². The number of hydrogen-bond donors (Lipinski definition) is 0. The van der Waals surface area contributed by atoms with Crippen molar-refractivity contribution in [3.05, 3.63) is 74.9 Å². The Kier molecular flexibility index (Phi) is 3.04. The summed E-state index contributed by atoms with van der Waals surface area (Å²) >= 11 is 1.38. The molecule has 0 spiro atoms. The predicted molar refractivity (Wildman–Crippen MR) is 80.2 cm³/mol. The molecule has 3 rings (SSSR count).